The predicted octanol–water partition coefficient (Wildman–Crippen LogP) is 7.02. The summed E-state index contributed by atoms with van der Waals surface area (Å²) < 4.78 is 33.3. The van der Waals surface area contributed by atoms with Gasteiger partial charge in [0.15, 0.2) is 5.75 Å². The van der Waals surface area contributed by atoms with Crippen LogP contribution in [0.4, 0.5) is 8.78 Å². The van der Waals surface area contributed by atoms with Crippen LogP contribution in [0, 0.1) is 23.0 Å². The Bertz CT molecular complexity index is 1050. The van der Waals surface area contributed by atoms with Gasteiger partial charge in [-0.05, 0) is 63.5 Å². The van der Waals surface area contributed by atoms with E-state index < -0.39 is 5.82 Å². The lowest BCUT2D eigenvalue weighted by molar-refractivity contribution is 0.304. The Labute approximate surface area is 174 Å². The van der Waals surface area contributed by atoms with Crippen LogP contribution in [0.5, 0.6) is 5.75 Å². The minimum atomic E-state index is -0.472. The quantitative estimate of drug-likeness (QED) is 0.303. The van der Waals surface area contributed by atoms with Crippen molar-refractivity contribution in [2.75, 3.05) is 0 Å². The Morgan fingerprint density at radius 3 is 2.46 bits per heavy atom. The molecule has 140 valence electrons. The number of benzene rings is 3. The first kappa shape index (κ1) is 20.1. The van der Waals surface area contributed by atoms with Crippen LogP contribution in [0.3, 0.4) is 0 Å². The van der Waals surface area contributed by atoms with E-state index in [9.17, 15) is 14.0 Å². The van der Waals surface area contributed by atoms with Gasteiger partial charge in [-0.15, -0.1) is 0 Å². The van der Waals surface area contributed by atoms with Crippen molar-refractivity contribution < 1.29 is 13.5 Å². The maximum absolute atomic E-state index is 14.0. The molecule has 0 heterocycles. The highest BCUT2D eigenvalue weighted by Gasteiger charge is 2.12. The predicted molar refractivity (Wildman–Crippen MR) is 110 cm³/mol. The molecule has 0 aliphatic heterocycles. The van der Waals surface area contributed by atoms with E-state index in [0.717, 1.165) is 5.56 Å². The van der Waals surface area contributed by atoms with Gasteiger partial charge >= 0.3 is 0 Å². The molecule has 0 aliphatic carbocycles. The van der Waals surface area contributed by atoms with Crippen LogP contribution in [0.2, 0.25) is 5.02 Å². The molecular weight excluding hydrogens is 448 g/mol. The first-order valence-electron chi connectivity index (χ1n) is 8.21. The van der Waals surface area contributed by atoms with Gasteiger partial charge in [-0.1, -0.05) is 41.9 Å². The summed E-state index contributed by atoms with van der Waals surface area (Å²) in [4.78, 5) is 0. The molecular formula is C22H13BrClF2NO. The molecule has 6 heteroatoms. The molecule has 0 bridgehead atoms. The maximum atomic E-state index is 14.0. The minimum absolute atomic E-state index is 0.182. The second kappa shape index (κ2) is 9.01. The van der Waals surface area contributed by atoms with E-state index in [-0.39, 0.29) is 23.6 Å². The Balaban J connectivity index is 1.86. The van der Waals surface area contributed by atoms with Gasteiger partial charge in [0, 0.05) is 5.56 Å². The molecule has 0 amide bonds. The van der Waals surface area contributed by atoms with Crippen molar-refractivity contribution >= 4 is 39.2 Å². The summed E-state index contributed by atoms with van der Waals surface area (Å²) in [6.45, 7) is 0.215. The topological polar surface area (TPSA) is 33.0 Å². The molecule has 3 aromatic carbocycles. The van der Waals surface area contributed by atoms with Gasteiger partial charge < -0.3 is 4.74 Å². The lowest BCUT2D eigenvalue weighted by Gasteiger charge is -2.11. The van der Waals surface area contributed by atoms with Crippen LogP contribution < -0.4 is 4.74 Å². The molecule has 0 saturated carbocycles. The van der Waals surface area contributed by atoms with Crippen molar-refractivity contribution in [1.29, 1.82) is 5.26 Å². The number of nitrogens with zero attached hydrogens (tertiary/aromatic N) is 1. The number of hydrogen-bond donors (Lipinski definition) is 0. The monoisotopic (exact) mass is 459 g/mol. The fourth-order valence-electron chi connectivity index (χ4n) is 2.55. The molecule has 3 aromatic rings. The number of rotatable bonds is 5. The summed E-state index contributed by atoms with van der Waals surface area (Å²) in [6.07, 6.45) is 1.55. The summed E-state index contributed by atoms with van der Waals surface area (Å²) in [7, 11) is 0. The zero-order valence-electron chi connectivity index (χ0n) is 14.4. The van der Waals surface area contributed by atoms with Crippen LogP contribution in [-0.2, 0) is 6.61 Å². The standard InChI is InChI=1S/C22H13BrClF2NO/c23-19-10-15(9-16(12-27)18-3-1-2-4-21(18)26)11-20(24)22(19)28-13-14-5-7-17(25)8-6-14/h1-11H,13H2/b16-9-. The molecule has 0 saturated heterocycles. The largest absolute Gasteiger partial charge is 0.486 e. The number of hydrogen-bond acceptors (Lipinski definition) is 2. The fraction of sp³-hybridized carbons (Fsp3) is 0.0455. The number of halogens is 4. The van der Waals surface area contributed by atoms with Gasteiger partial charge in [0.2, 0.25) is 0 Å². The van der Waals surface area contributed by atoms with Crippen molar-refractivity contribution in [2.45, 2.75) is 6.61 Å². The van der Waals surface area contributed by atoms with Gasteiger partial charge in [-0.25, -0.2) is 8.78 Å². The molecule has 0 fully saturated rings. The highest BCUT2D eigenvalue weighted by molar-refractivity contribution is 9.10. The molecule has 0 aliphatic rings. The number of ether oxygens (including phenoxy) is 1. The molecule has 0 radical (unpaired) electrons. The van der Waals surface area contributed by atoms with Gasteiger partial charge in [-0.2, -0.15) is 5.26 Å². The normalized spacial score (nSPS) is 11.2. The Morgan fingerprint density at radius 2 is 1.82 bits per heavy atom. The summed E-state index contributed by atoms with van der Waals surface area (Å²) in [5.74, 6) is -0.366. The number of allylic oxidation sites excluding steroid dienone is 1. The lowest BCUT2D eigenvalue weighted by atomic mass is 10.0. The van der Waals surface area contributed by atoms with E-state index in [1.807, 2.05) is 6.07 Å². The molecule has 0 unspecified atom stereocenters. The average molecular weight is 461 g/mol. The summed E-state index contributed by atoms with van der Waals surface area (Å²) in [5, 5.41) is 9.73. The average Bonchev–Trinajstić information content (AvgIpc) is 2.67. The fourth-order valence-corrected chi connectivity index (χ4v) is 3.54. The van der Waals surface area contributed by atoms with Crippen LogP contribution in [-0.4, -0.2) is 0 Å². The Kier molecular flexibility index (Phi) is 6.45. The Hall–Kier alpha value is -2.68. The third-order valence-corrected chi connectivity index (χ3v) is 4.78. The number of nitriles is 1. The molecule has 0 atom stereocenters. The van der Waals surface area contributed by atoms with Crippen LogP contribution in [0.1, 0.15) is 16.7 Å². The summed E-state index contributed by atoms with van der Waals surface area (Å²) >= 11 is 9.74. The van der Waals surface area contributed by atoms with E-state index in [4.69, 9.17) is 16.3 Å². The van der Waals surface area contributed by atoms with E-state index in [1.54, 1.807) is 48.5 Å². The minimum Gasteiger partial charge on any atom is -0.486 e. The third kappa shape index (κ3) is 4.78. The van der Waals surface area contributed by atoms with Crippen LogP contribution in [0.15, 0.2) is 65.1 Å². The van der Waals surface area contributed by atoms with Crippen LogP contribution in [0.25, 0.3) is 11.6 Å². The third-order valence-electron chi connectivity index (χ3n) is 3.91. The second-order valence-electron chi connectivity index (χ2n) is 5.88. The molecule has 3 rings (SSSR count). The van der Waals surface area contributed by atoms with E-state index >= 15 is 0 Å². The molecule has 28 heavy (non-hydrogen) atoms. The van der Waals surface area contributed by atoms with Gasteiger partial charge in [-0.3, -0.25) is 0 Å². The van der Waals surface area contributed by atoms with Gasteiger partial charge in [0.25, 0.3) is 0 Å². The first-order valence-corrected chi connectivity index (χ1v) is 9.38. The first-order chi connectivity index (χ1) is 13.5. The second-order valence-corrected chi connectivity index (χ2v) is 7.14. The lowest BCUT2D eigenvalue weighted by Crippen LogP contribution is -1.97. The van der Waals surface area contributed by atoms with E-state index in [2.05, 4.69) is 15.9 Å². The molecule has 0 aromatic heterocycles. The zero-order chi connectivity index (χ0) is 20.1. The summed E-state index contributed by atoms with van der Waals surface area (Å²) in [6, 6.07) is 17.4. The van der Waals surface area contributed by atoms with Crippen molar-refractivity contribution in [2.24, 2.45) is 0 Å². The maximum Gasteiger partial charge on any atom is 0.152 e. The van der Waals surface area contributed by atoms with Gasteiger partial charge in [0.1, 0.15) is 18.2 Å². The highest BCUT2D eigenvalue weighted by Crippen LogP contribution is 2.36. The molecule has 0 N–H and O–H groups in total. The van der Waals surface area contributed by atoms with Gasteiger partial charge in [0.05, 0.1) is 21.1 Å². The Morgan fingerprint density at radius 1 is 1.11 bits per heavy atom. The zero-order valence-corrected chi connectivity index (χ0v) is 16.8. The summed E-state index contributed by atoms with van der Waals surface area (Å²) in [5.41, 5.74) is 1.81. The van der Waals surface area contributed by atoms with E-state index in [1.165, 1.54) is 18.2 Å². The van der Waals surface area contributed by atoms with Crippen molar-refractivity contribution in [1.82, 2.24) is 0 Å². The molecule has 0 spiro atoms. The van der Waals surface area contributed by atoms with Crippen LogP contribution >= 0.6 is 27.5 Å². The SMILES string of the molecule is N#C/C(=C/c1cc(Cl)c(OCc2ccc(F)cc2)c(Br)c1)c1ccccc1F. The smallest absolute Gasteiger partial charge is 0.152 e. The van der Waals surface area contributed by atoms with E-state index in [0.29, 0.717) is 20.8 Å². The van der Waals surface area contributed by atoms with Crippen molar-refractivity contribution in [3.05, 3.63) is 98.5 Å². The van der Waals surface area contributed by atoms with Crippen molar-refractivity contribution in [3.63, 3.8) is 0 Å². The highest BCUT2D eigenvalue weighted by atomic mass is 79.9. The molecule has 2 nitrogen and oxygen atoms in total. The van der Waals surface area contributed by atoms with Crippen molar-refractivity contribution in [3.8, 4) is 11.8 Å².